The van der Waals surface area contributed by atoms with Crippen LogP contribution in [0.5, 0.6) is 0 Å². The Hall–Kier alpha value is -1.95. The molecule has 17 heavy (non-hydrogen) atoms. The van der Waals surface area contributed by atoms with E-state index in [2.05, 4.69) is 22.9 Å². The lowest BCUT2D eigenvalue weighted by Crippen LogP contribution is -2.42. The Balaban J connectivity index is 2.34. The highest BCUT2D eigenvalue weighted by Gasteiger charge is 2.12. The molecule has 0 unspecified atom stereocenters. The maximum Gasteiger partial charge on any atom is 0.309 e. The molecule has 0 heterocycles. The minimum Gasteiger partial charge on any atom is -0.392 e. The largest absolute Gasteiger partial charge is 0.392 e. The van der Waals surface area contributed by atoms with E-state index in [1.165, 1.54) is 0 Å². The number of hydrogen-bond donors (Lipinski definition) is 3. The molecule has 2 amide bonds. The van der Waals surface area contributed by atoms with Crippen molar-refractivity contribution >= 4 is 29.0 Å². The Labute approximate surface area is 104 Å². The minimum atomic E-state index is -0.742. The molecule has 0 aromatic heterocycles. The number of nitrogens with two attached hydrogens (primary N) is 1. The van der Waals surface area contributed by atoms with E-state index in [9.17, 15) is 9.59 Å². The van der Waals surface area contributed by atoms with Gasteiger partial charge in [-0.25, -0.2) is 0 Å². The number of hydrogen-bond acceptors (Lipinski definition) is 3. The molecule has 0 aliphatic heterocycles. The van der Waals surface area contributed by atoms with E-state index in [-0.39, 0.29) is 11.5 Å². The third kappa shape index (κ3) is 5.07. The number of nitrogens with one attached hydrogen (secondary N) is 2. The highest BCUT2D eigenvalue weighted by molar-refractivity contribution is 7.80. The van der Waals surface area contributed by atoms with Crippen LogP contribution in [0.4, 0.5) is 0 Å². The van der Waals surface area contributed by atoms with Crippen molar-refractivity contribution in [2.45, 2.75) is 6.54 Å². The smallest absolute Gasteiger partial charge is 0.309 e. The van der Waals surface area contributed by atoms with Gasteiger partial charge in [-0.3, -0.25) is 9.59 Å². The average Bonchev–Trinajstić information content (AvgIpc) is 2.34. The zero-order valence-electron chi connectivity index (χ0n) is 9.10. The first-order valence-corrected chi connectivity index (χ1v) is 5.38. The lowest BCUT2D eigenvalue weighted by molar-refractivity contribution is -0.139. The summed E-state index contributed by atoms with van der Waals surface area (Å²) >= 11 is 4.57. The van der Waals surface area contributed by atoms with Gasteiger partial charge >= 0.3 is 11.8 Å². The van der Waals surface area contributed by atoms with Crippen LogP contribution >= 0.6 is 12.2 Å². The third-order valence-corrected chi connectivity index (χ3v) is 2.07. The molecule has 0 aliphatic rings. The standard InChI is InChI=1S/C11H13N3O2S/c12-9(17)7-14-11(16)10(15)13-6-8-4-2-1-3-5-8/h1-5H,6-7H2,(H2,12,17)(H,13,15)(H,14,16). The van der Waals surface area contributed by atoms with E-state index < -0.39 is 11.8 Å². The maximum absolute atomic E-state index is 11.3. The van der Waals surface area contributed by atoms with Crippen LogP contribution in [-0.4, -0.2) is 23.3 Å². The number of rotatable bonds is 4. The predicted octanol–water partition coefficient (Wildman–Crippen LogP) is -0.295. The first kappa shape index (κ1) is 13.1. The molecule has 1 aromatic carbocycles. The summed E-state index contributed by atoms with van der Waals surface area (Å²) in [5.41, 5.74) is 6.11. The van der Waals surface area contributed by atoms with Crippen LogP contribution < -0.4 is 16.4 Å². The maximum atomic E-state index is 11.3. The van der Waals surface area contributed by atoms with Gasteiger partial charge < -0.3 is 16.4 Å². The third-order valence-electron chi connectivity index (χ3n) is 1.93. The number of carbonyl (C=O) groups excluding carboxylic acids is 2. The van der Waals surface area contributed by atoms with Crippen molar-refractivity contribution in [3.63, 3.8) is 0 Å². The van der Waals surface area contributed by atoms with Crippen LogP contribution in [0.15, 0.2) is 30.3 Å². The monoisotopic (exact) mass is 251 g/mol. The lowest BCUT2D eigenvalue weighted by Gasteiger charge is -2.05. The molecule has 5 nitrogen and oxygen atoms in total. The summed E-state index contributed by atoms with van der Waals surface area (Å²) in [5, 5.41) is 4.79. The first-order chi connectivity index (χ1) is 8.09. The summed E-state index contributed by atoms with van der Waals surface area (Å²) < 4.78 is 0. The molecule has 6 heteroatoms. The summed E-state index contributed by atoms with van der Waals surface area (Å²) in [7, 11) is 0. The molecule has 4 N–H and O–H groups in total. The molecular formula is C11H13N3O2S. The fraction of sp³-hybridized carbons (Fsp3) is 0.182. The van der Waals surface area contributed by atoms with Crippen LogP contribution in [0.3, 0.4) is 0 Å². The Morgan fingerprint density at radius 1 is 1.12 bits per heavy atom. The summed E-state index contributed by atoms with van der Waals surface area (Å²) in [4.78, 5) is 22.7. The number of thiocarbonyl (C=S) groups is 1. The molecule has 0 fully saturated rings. The predicted molar refractivity (Wildman–Crippen MR) is 68.1 cm³/mol. The molecule has 1 rings (SSSR count). The second kappa shape index (κ2) is 6.59. The molecule has 0 radical (unpaired) electrons. The van der Waals surface area contributed by atoms with E-state index in [0.29, 0.717) is 6.54 Å². The molecule has 0 saturated heterocycles. The van der Waals surface area contributed by atoms with E-state index in [1.54, 1.807) is 0 Å². The molecule has 0 aliphatic carbocycles. The molecule has 0 saturated carbocycles. The second-order valence-electron chi connectivity index (χ2n) is 3.32. The van der Waals surface area contributed by atoms with Crippen molar-refractivity contribution in [1.29, 1.82) is 0 Å². The van der Waals surface area contributed by atoms with Crippen molar-refractivity contribution in [2.24, 2.45) is 5.73 Å². The fourth-order valence-electron chi connectivity index (χ4n) is 1.11. The van der Waals surface area contributed by atoms with Gasteiger partial charge in [-0.15, -0.1) is 0 Å². The summed E-state index contributed by atoms with van der Waals surface area (Å²) in [6.45, 7) is 0.326. The van der Waals surface area contributed by atoms with Crippen molar-refractivity contribution in [2.75, 3.05) is 6.54 Å². The Kier molecular flexibility index (Phi) is 5.09. The van der Waals surface area contributed by atoms with Gasteiger partial charge in [0.05, 0.1) is 11.5 Å². The zero-order valence-corrected chi connectivity index (χ0v) is 9.92. The van der Waals surface area contributed by atoms with E-state index >= 15 is 0 Å². The van der Waals surface area contributed by atoms with Crippen molar-refractivity contribution in [1.82, 2.24) is 10.6 Å². The zero-order chi connectivity index (χ0) is 12.7. The van der Waals surface area contributed by atoms with Gasteiger partial charge in [0.25, 0.3) is 0 Å². The number of amides is 2. The van der Waals surface area contributed by atoms with Crippen LogP contribution in [0.1, 0.15) is 5.56 Å². The van der Waals surface area contributed by atoms with Crippen LogP contribution in [0.25, 0.3) is 0 Å². The fourth-order valence-corrected chi connectivity index (χ4v) is 1.18. The second-order valence-corrected chi connectivity index (χ2v) is 3.84. The van der Waals surface area contributed by atoms with Gasteiger partial charge in [-0.05, 0) is 5.56 Å². The highest BCUT2D eigenvalue weighted by Crippen LogP contribution is 1.96. The van der Waals surface area contributed by atoms with Gasteiger partial charge in [0, 0.05) is 6.54 Å². The Bertz CT molecular complexity index is 420. The van der Waals surface area contributed by atoms with Crippen LogP contribution in [-0.2, 0) is 16.1 Å². The normalized spacial score (nSPS) is 9.41. The van der Waals surface area contributed by atoms with E-state index in [0.717, 1.165) is 5.56 Å². The lowest BCUT2D eigenvalue weighted by atomic mass is 10.2. The first-order valence-electron chi connectivity index (χ1n) is 4.98. The molecule has 1 aromatic rings. The molecule has 0 atom stereocenters. The number of benzene rings is 1. The van der Waals surface area contributed by atoms with Crippen LogP contribution in [0, 0.1) is 0 Å². The van der Waals surface area contributed by atoms with Gasteiger partial charge in [-0.2, -0.15) is 0 Å². The molecule has 0 bridgehead atoms. The van der Waals surface area contributed by atoms with Gasteiger partial charge in [0.1, 0.15) is 0 Å². The van der Waals surface area contributed by atoms with E-state index in [4.69, 9.17) is 5.73 Å². The summed E-state index contributed by atoms with van der Waals surface area (Å²) in [6.07, 6.45) is 0. The topological polar surface area (TPSA) is 84.2 Å². The van der Waals surface area contributed by atoms with Crippen LogP contribution in [0.2, 0.25) is 0 Å². The van der Waals surface area contributed by atoms with Gasteiger partial charge in [-0.1, -0.05) is 42.5 Å². The van der Waals surface area contributed by atoms with Crippen molar-refractivity contribution in [3.05, 3.63) is 35.9 Å². The Morgan fingerprint density at radius 3 is 2.29 bits per heavy atom. The van der Waals surface area contributed by atoms with Crippen molar-refractivity contribution in [3.8, 4) is 0 Å². The average molecular weight is 251 g/mol. The summed E-state index contributed by atoms with van der Waals surface area (Å²) in [5.74, 6) is -1.45. The molecule has 90 valence electrons. The highest BCUT2D eigenvalue weighted by atomic mass is 32.1. The Morgan fingerprint density at radius 2 is 1.71 bits per heavy atom. The molecule has 0 spiro atoms. The van der Waals surface area contributed by atoms with Crippen molar-refractivity contribution < 1.29 is 9.59 Å². The SMILES string of the molecule is NC(=S)CNC(=O)C(=O)NCc1ccccc1. The number of carbonyl (C=O) groups is 2. The molecular weight excluding hydrogens is 238 g/mol. The quantitative estimate of drug-likeness (QED) is 0.507. The van der Waals surface area contributed by atoms with Gasteiger partial charge in [0.15, 0.2) is 0 Å². The van der Waals surface area contributed by atoms with Gasteiger partial charge in [0.2, 0.25) is 0 Å². The summed E-state index contributed by atoms with van der Waals surface area (Å²) in [6, 6.07) is 9.30. The van der Waals surface area contributed by atoms with E-state index in [1.807, 2.05) is 30.3 Å². The minimum absolute atomic E-state index is 0.0208.